The van der Waals surface area contributed by atoms with Gasteiger partial charge in [-0.25, -0.2) is 0 Å². The summed E-state index contributed by atoms with van der Waals surface area (Å²) in [6.07, 6.45) is 3.31. The summed E-state index contributed by atoms with van der Waals surface area (Å²) in [5.41, 5.74) is 8.00. The van der Waals surface area contributed by atoms with Crippen LogP contribution < -0.4 is 5.32 Å². The zero-order chi connectivity index (χ0) is 28.0. The van der Waals surface area contributed by atoms with Crippen molar-refractivity contribution >= 4 is 60.9 Å². The number of pyridine rings is 1. The van der Waals surface area contributed by atoms with Crippen molar-refractivity contribution < 1.29 is 0 Å². The van der Waals surface area contributed by atoms with Gasteiger partial charge in [-0.05, 0) is 64.7 Å². The Labute approximate surface area is 243 Å². The van der Waals surface area contributed by atoms with Gasteiger partial charge in [-0.2, -0.15) is 0 Å². The molecule has 0 aliphatic rings. The number of para-hydroxylation sites is 1. The minimum Gasteiger partial charge on any atom is -0.355 e. The Hall–Kier alpha value is -5.74. The van der Waals surface area contributed by atoms with E-state index in [4.69, 9.17) is 5.41 Å². The van der Waals surface area contributed by atoms with Crippen LogP contribution in [0.4, 0.5) is 11.4 Å². The first kappa shape index (κ1) is 24.1. The summed E-state index contributed by atoms with van der Waals surface area (Å²) < 4.78 is 2.37. The van der Waals surface area contributed by atoms with Gasteiger partial charge >= 0.3 is 0 Å². The standard InChI is InChI=1S/C38H26N4/c39-24-32-34(41-28-11-2-1-3-12-28)20-21-35-37(32)31-19-18-26-17-16-25-9-4-5-14-30(25)36(26)38(31)42(35)29-13-8-10-27(23-29)33-15-6-7-22-40-33/h1-24,39,41H. The third-order valence-electron chi connectivity index (χ3n) is 8.10. The fourth-order valence-corrected chi connectivity index (χ4v) is 6.25. The van der Waals surface area contributed by atoms with Crippen molar-refractivity contribution in [2.45, 2.75) is 0 Å². The van der Waals surface area contributed by atoms with Crippen molar-refractivity contribution in [2.75, 3.05) is 5.32 Å². The predicted octanol–water partition coefficient (Wildman–Crippen LogP) is 9.89. The first-order valence-corrected chi connectivity index (χ1v) is 14.1. The van der Waals surface area contributed by atoms with Crippen LogP contribution in [0.15, 0.2) is 140 Å². The van der Waals surface area contributed by atoms with Crippen LogP contribution in [0.1, 0.15) is 5.56 Å². The summed E-state index contributed by atoms with van der Waals surface area (Å²) in [5.74, 6) is 0. The molecule has 0 bridgehead atoms. The van der Waals surface area contributed by atoms with E-state index in [9.17, 15) is 0 Å². The van der Waals surface area contributed by atoms with E-state index in [1.807, 2.05) is 54.7 Å². The highest BCUT2D eigenvalue weighted by molar-refractivity contribution is 6.28. The molecule has 2 N–H and O–H groups in total. The number of hydrogen-bond donors (Lipinski definition) is 2. The normalized spacial score (nSPS) is 11.4. The van der Waals surface area contributed by atoms with Gasteiger partial charge in [0.1, 0.15) is 0 Å². The number of anilines is 2. The van der Waals surface area contributed by atoms with E-state index in [0.717, 1.165) is 55.7 Å². The topological polar surface area (TPSA) is 53.7 Å². The Balaban J connectivity index is 1.52. The summed E-state index contributed by atoms with van der Waals surface area (Å²) in [6, 6.07) is 46.4. The maximum absolute atomic E-state index is 8.58. The molecule has 42 heavy (non-hydrogen) atoms. The summed E-state index contributed by atoms with van der Waals surface area (Å²) in [6.45, 7) is 0. The number of benzene rings is 6. The minimum atomic E-state index is 0.862. The SMILES string of the molecule is N=Cc1c(Nc2ccccc2)ccc2c1c1ccc3ccc4ccccc4c3c1n2-c1cccc(-c2ccccn2)c1. The molecule has 8 aromatic rings. The smallest absolute Gasteiger partial charge is 0.0702 e. The molecule has 0 spiro atoms. The third kappa shape index (κ3) is 3.77. The molecule has 0 aliphatic carbocycles. The number of nitrogens with zero attached hydrogens (tertiary/aromatic N) is 2. The molecule has 0 saturated heterocycles. The molecule has 0 atom stereocenters. The molecule has 2 aromatic heterocycles. The summed E-state index contributed by atoms with van der Waals surface area (Å²) in [5, 5.41) is 19.1. The van der Waals surface area contributed by atoms with E-state index in [0.29, 0.717) is 0 Å². The van der Waals surface area contributed by atoms with Gasteiger partial charge in [0.05, 0.1) is 16.7 Å². The van der Waals surface area contributed by atoms with E-state index in [2.05, 4.69) is 99.8 Å². The Morgan fingerprint density at radius 2 is 1.45 bits per heavy atom. The number of fused-ring (bicyclic) bond motifs is 7. The first-order valence-electron chi connectivity index (χ1n) is 14.1. The fourth-order valence-electron chi connectivity index (χ4n) is 6.25. The van der Waals surface area contributed by atoms with Crippen molar-refractivity contribution in [3.05, 3.63) is 145 Å². The molecule has 4 heteroatoms. The lowest BCUT2D eigenvalue weighted by Crippen LogP contribution is -1.98. The lowest BCUT2D eigenvalue weighted by molar-refractivity contribution is 1.18. The van der Waals surface area contributed by atoms with E-state index in [1.165, 1.54) is 27.8 Å². The van der Waals surface area contributed by atoms with Crippen molar-refractivity contribution in [2.24, 2.45) is 0 Å². The molecule has 4 nitrogen and oxygen atoms in total. The van der Waals surface area contributed by atoms with E-state index in [1.54, 1.807) is 0 Å². The van der Waals surface area contributed by atoms with Crippen LogP contribution in [-0.4, -0.2) is 15.8 Å². The lowest BCUT2D eigenvalue weighted by atomic mass is 9.98. The van der Waals surface area contributed by atoms with Gasteiger partial charge < -0.3 is 15.3 Å². The van der Waals surface area contributed by atoms with Crippen molar-refractivity contribution in [3.8, 4) is 16.9 Å². The predicted molar refractivity (Wildman–Crippen MR) is 177 cm³/mol. The van der Waals surface area contributed by atoms with Crippen LogP contribution in [-0.2, 0) is 0 Å². The monoisotopic (exact) mass is 538 g/mol. The minimum absolute atomic E-state index is 0.862. The Kier molecular flexibility index (Phi) is 5.57. The van der Waals surface area contributed by atoms with Crippen LogP contribution in [0, 0.1) is 5.41 Å². The number of hydrogen-bond acceptors (Lipinski definition) is 3. The highest BCUT2D eigenvalue weighted by Crippen LogP contribution is 2.42. The van der Waals surface area contributed by atoms with Gasteiger partial charge in [0.15, 0.2) is 0 Å². The molecule has 0 amide bonds. The largest absolute Gasteiger partial charge is 0.355 e. The summed E-state index contributed by atoms with van der Waals surface area (Å²) in [7, 11) is 0. The molecule has 8 rings (SSSR count). The second-order valence-corrected chi connectivity index (χ2v) is 10.5. The fraction of sp³-hybridized carbons (Fsp3) is 0. The Bertz CT molecular complexity index is 2280. The second-order valence-electron chi connectivity index (χ2n) is 10.5. The highest BCUT2D eigenvalue weighted by atomic mass is 15.0. The molecular formula is C38H26N4. The van der Waals surface area contributed by atoms with E-state index < -0.39 is 0 Å². The molecule has 0 fully saturated rings. The lowest BCUT2D eigenvalue weighted by Gasteiger charge is -2.14. The molecular weight excluding hydrogens is 512 g/mol. The van der Waals surface area contributed by atoms with E-state index >= 15 is 0 Å². The highest BCUT2D eigenvalue weighted by Gasteiger charge is 2.20. The molecule has 0 aliphatic heterocycles. The van der Waals surface area contributed by atoms with Crippen LogP contribution in [0.3, 0.4) is 0 Å². The molecule has 198 valence electrons. The molecule has 0 unspecified atom stereocenters. The van der Waals surface area contributed by atoms with Crippen LogP contribution in [0.2, 0.25) is 0 Å². The van der Waals surface area contributed by atoms with Crippen LogP contribution >= 0.6 is 0 Å². The van der Waals surface area contributed by atoms with Crippen molar-refractivity contribution in [1.29, 1.82) is 5.41 Å². The molecule has 2 heterocycles. The Morgan fingerprint density at radius 1 is 0.643 bits per heavy atom. The number of aromatic nitrogens is 2. The molecule has 6 aromatic carbocycles. The first-order chi connectivity index (χ1) is 20.8. The van der Waals surface area contributed by atoms with Gasteiger partial charge in [-0.3, -0.25) is 4.98 Å². The van der Waals surface area contributed by atoms with Crippen molar-refractivity contribution in [3.63, 3.8) is 0 Å². The van der Waals surface area contributed by atoms with Crippen molar-refractivity contribution in [1.82, 2.24) is 9.55 Å². The maximum atomic E-state index is 8.58. The van der Waals surface area contributed by atoms with Crippen LogP contribution in [0.25, 0.3) is 60.3 Å². The zero-order valence-corrected chi connectivity index (χ0v) is 22.8. The quantitative estimate of drug-likeness (QED) is 0.169. The maximum Gasteiger partial charge on any atom is 0.0702 e. The van der Waals surface area contributed by atoms with Gasteiger partial charge in [0.2, 0.25) is 0 Å². The second kappa shape index (κ2) is 9.72. The average Bonchev–Trinajstić information content (AvgIpc) is 3.40. The zero-order valence-electron chi connectivity index (χ0n) is 22.8. The van der Waals surface area contributed by atoms with E-state index in [-0.39, 0.29) is 0 Å². The van der Waals surface area contributed by atoms with Crippen LogP contribution in [0.5, 0.6) is 0 Å². The van der Waals surface area contributed by atoms with Gasteiger partial charge in [0, 0.05) is 56.8 Å². The molecule has 0 saturated carbocycles. The summed E-state index contributed by atoms with van der Waals surface area (Å²) >= 11 is 0. The van der Waals surface area contributed by atoms with Gasteiger partial charge in [-0.15, -0.1) is 0 Å². The van der Waals surface area contributed by atoms with Gasteiger partial charge in [-0.1, -0.05) is 84.9 Å². The number of rotatable bonds is 5. The third-order valence-corrected chi connectivity index (χ3v) is 8.10. The average molecular weight is 539 g/mol. The molecule has 0 radical (unpaired) electrons. The number of nitrogens with one attached hydrogen (secondary N) is 2. The van der Waals surface area contributed by atoms with Gasteiger partial charge in [0.25, 0.3) is 0 Å². The summed E-state index contributed by atoms with van der Waals surface area (Å²) in [4.78, 5) is 4.62. The Morgan fingerprint density at radius 3 is 2.31 bits per heavy atom.